The molecular weight excluding hydrogens is 211 g/mol. The van der Waals surface area contributed by atoms with Gasteiger partial charge in [0.05, 0.1) is 6.54 Å². The largest absolute Gasteiger partial charge is 0.401 e. The van der Waals surface area contributed by atoms with Crippen LogP contribution in [-0.2, 0) is 0 Å². The number of hydrogen-bond acceptors (Lipinski definition) is 2. The molecule has 1 aliphatic rings. The van der Waals surface area contributed by atoms with Crippen molar-refractivity contribution in [3.05, 3.63) is 0 Å². The third-order valence-corrected chi connectivity index (χ3v) is 2.62. The number of unbranched alkanes of at least 4 members (excludes halogenated alkanes) is 1. The van der Waals surface area contributed by atoms with E-state index in [2.05, 4.69) is 12.6 Å². The van der Waals surface area contributed by atoms with Crippen molar-refractivity contribution in [2.24, 2.45) is 0 Å². The summed E-state index contributed by atoms with van der Waals surface area (Å²) in [5.74, 6) is 0.754. The molecule has 1 nitrogen and oxygen atoms in total. The lowest BCUT2D eigenvalue weighted by molar-refractivity contribution is -0.147. The summed E-state index contributed by atoms with van der Waals surface area (Å²) in [6, 6.07) is 0.191. The molecule has 0 saturated heterocycles. The van der Waals surface area contributed by atoms with Crippen LogP contribution in [0.5, 0.6) is 0 Å². The average molecular weight is 227 g/mol. The summed E-state index contributed by atoms with van der Waals surface area (Å²) >= 11 is 4.04. The summed E-state index contributed by atoms with van der Waals surface area (Å²) in [4.78, 5) is 1.56. The van der Waals surface area contributed by atoms with Crippen molar-refractivity contribution >= 4 is 12.6 Å². The normalized spacial score (nSPS) is 17.8. The minimum atomic E-state index is -4.05. The fourth-order valence-corrected chi connectivity index (χ4v) is 1.71. The van der Waals surface area contributed by atoms with E-state index in [1.54, 1.807) is 4.90 Å². The summed E-state index contributed by atoms with van der Waals surface area (Å²) in [5.41, 5.74) is 0. The number of thiol groups is 1. The Morgan fingerprint density at radius 1 is 1.21 bits per heavy atom. The first-order valence-corrected chi connectivity index (χ1v) is 5.58. The molecule has 1 aliphatic carbocycles. The van der Waals surface area contributed by atoms with E-state index in [1.165, 1.54) is 0 Å². The standard InChI is InChI=1S/C9H16F3NS/c10-9(11,12)7-13(8-3-4-8)5-1-2-6-14/h8,14H,1-7H2. The molecule has 0 aromatic carbocycles. The number of nitrogens with zero attached hydrogens (tertiary/aromatic N) is 1. The molecule has 1 fully saturated rings. The van der Waals surface area contributed by atoms with Gasteiger partial charge >= 0.3 is 6.18 Å². The molecule has 0 heterocycles. The maximum Gasteiger partial charge on any atom is 0.401 e. The fourth-order valence-electron chi connectivity index (χ4n) is 1.49. The Balaban J connectivity index is 2.24. The molecule has 1 saturated carbocycles. The number of halogens is 3. The highest BCUT2D eigenvalue weighted by atomic mass is 32.1. The zero-order valence-electron chi connectivity index (χ0n) is 8.06. The van der Waals surface area contributed by atoms with E-state index in [0.717, 1.165) is 31.4 Å². The molecule has 0 radical (unpaired) electrons. The zero-order valence-corrected chi connectivity index (χ0v) is 8.95. The van der Waals surface area contributed by atoms with E-state index in [4.69, 9.17) is 0 Å². The van der Waals surface area contributed by atoms with Crippen molar-refractivity contribution in [3.63, 3.8) is 0 Å². The van der Waals surface area contributed by atoms with Gasteiger partial charge in [-0.05, 0) is 38.0 Å². The van der Waals surface area contributed by atoms with E-state index in [9.17, 15) is 13.2 Å². The van der Waals surface area contributed by atoms with Crippen LogP contribution in [0.4, 0.5) is 13.2 Å². The molecule has 14 heavy (non-hydrogen) atoms. The van der Waals surface area contributed by atoms with E-state index in [-0.39, 0.29) is 6.04 Å². The highest BCUT2D eigenvalue weighted by Gasteiger charge is 2.37. The van der Waals surface area contributed by atoms with Gasteiger partial charge < -0.3 is 0 Å². The van der Waals surface area contributed by atoms with Crippen molar-refractivity contribution in [2.45, 2.75) is 37.9 Å². The Hall–Kier alpha value is 0.100. The first-order valence-electron chi connectivity index (χ1n) is 4.94. The van der Waals surface area contributed by atoms with E-state index < -0.39 is 12.7 Å². The van der Waals surface area contributed by atoms with Gasteiger partial charge in [-0.15, -0.1) is 0 Å². The van der Waals surface area contributed by atoms with Crippen molar-refractivity contribution in [1.82, 2.24) is 4.90 Å². The quantitative estimate of drug-likeness (QED) is 0.539. The van der Waals surface area contributed by atoms with Gasteiger partial charge in [0.25, 0.3) is 0 Å². The number of hydrogen-bond donors (Lipinski definition) is 1. The van der Waals surface area contributed by atoms with Gasteiger partial charge in [-0.3, -0.25) is 4.90 Å². The summed E-state index contributed by atoms with van der Waals surface area (Å²) in [6.07, 6.45) is -0.488. The van der Waals surface area contributed by atoms with Gasteiger partial charge in [-0.1, -0.05) is 0 Å². The lowest BCUT2D eigenvalue weighted by Crippen LogP contribution is -2.36. The Labute approximate surface area is 88.1 Å². The maximum atomic E-state index is 12.1. The van der Waals surface area contributed by atoms with Crippen molar-refractivity contribution in [2.75, 3.05) is 18.8 Å². The number of rotatable bonds is 6. The molecule has 1 rings (SSSR count). The summed E-state index contributed by atoms with van der Waals surface area (Å²) in [6.45, 7) is -0.186. The van der Waals surface area contributed by atoms with Crippen molar-refractivity contribution < 1.29 is 13.2 Å². The Morgan fingerprint density at radius 2 is 1.86 bits per heavy atom. The van der Waals surface area contributed by atoms with Gasteiger partial charge in [0.15, 0.2) is 0 Å². The first kappa shape index (κ1) is 12.2. The minimum Gasteiger partial charge on any atom is -0.292 e. The lowest BCUT2D eigenvalue weighted by Gasteiger charge is -2.23. The summed E-state index contributed by atoms with van der Waals surface area (Å²) < 4.78 is 36.4. The maximum absolute atomic E-state index is 12.1. The van der Waals surface area contributed by atoms with Crippen LogP contribution in [0.15, 0.2) is 0 Å². The highest BCUT2D eigenvalue weighted by molar-refractivity contribution is 7.80. The molecule has 0 bridgehead atoms. The van der Waals surface area contributed by atoms with Crippen LogP contribution in [0.2, 0.25) is 0 Å². The smallest absolute Gasteiger partial charge is 0.292 e. The van der Waals surface area contributed by atoms with Crippen LogP contribution in [0.1, 0.15) is 25.7 Å². The molecule has 0 aromatic rings. The van der Waals surface area contributed by atoms with Crippen molar-refractivity contribution in [1.29, 1.82) is 0 Å². The van der Waals surface area contributed by atoms with Crippen LogP contribution in [0.3, 0.4) is 0 Å². The second-order valence-electron chi connectivity index (χ2n) is 3.75. The summed E-state index contributed by atoms with van der Waals surface area (Å²) in [5, 5.41) is 0. The van der Waals surface area contributed by atoms with Gasteiger partial charge in [0, 0.05) is 6.04 Å². The molecule has 0 amide bonds. The van der Waals surface area contributed by atoms with E-state index in [1.807, 2.05) is 0 Å². The summed E-state index contributed by atoms with van der Waals surface area (Å²) in [7, 11) is 0. The Kier molecular flexibility index (Phi) is 4.57. The third kappa shape index (κ3) is 5.10. The molecule has 5 heteroatoms. The second-order valence-corrected chi connectivity index (χ2v) is 4.19. The van der Waals surface area contributed by atoms with Gasteiger partial charge in [0.2, 0.25) is 0 Å². The highest BCUT2D eigenvalue weighted by Crippen LogP contribution is 2.30. The van der Waals surface area contributed by atoms with Gasteiger partial charge in [-0.2, -0.15) is 25.8 Å². The molecule has 0 N–H and O–H groups in total. The first-order chi connectivity index (χ1) is 6.53. The molecule has 0 aliphatic heterocycles. The Morgan fingerprint density at radius 3 is 2.29 bits per heavy atom. The topological polar surface area (TPSA) is 3.24 Å². The van der Waals surface area contributed by atoms with Crippen LogP contribution in [0.25, 0.3) is 0 Å². The minimum absolute atomic E-state index is 0.191. The van der Waals surface area contributed by atoms with Crippen LogP contribution < -0.4 is 0 Å². The van der Waals surface area contributed by atoms with Crippen LogP contribution >= 0.6 is 12.6 Å². The SMILES string of the molecule is FC(F)(F)CN(CCCCS)C1CC1. The van der Waals surface area contributed by atoms with Crippen LogP contribution in [-0.4, -0.2) is 36.0 Å². The molecule has 0 unspecified atom stereocenters. The molecule has 0 spiro atoms. The molecule has 84 valence electrons. The lowest BCUT2D eigenvalue weighted by atomic mass is 10.3. The average Bonchev–Trinajstić information content (AvgIpc) is 2.83. The molecule has 0 aromatic heterocycles. The fraction of sp³-hybridized carbons (Fsp3) is 1.00. The monoisotopic (exact) mass is 227 g/mol. The van der Waals surface area contributed by atoms with E-state index >= 15 is 0 Å². The van der Waals surface area contributed by atoms with Gasteiger partial charge in [0.1, 0.15) is 0 Å². The predicted molar refractivity (Wildman–Crippen MR) is 53.7 cm³/mol. The zero-order chi connectivity index (χ0) is 10.6. The third-order valence-electron chi connectivity index (χ3n) is 2.30. The second kappa shape index (κ2) is 5.26. The van der Waals surface area contributed by atoms with Crippen LogP contribution in [0, 0.1) is 0 Å². The number of alkyl halides is 3. The van der Waals surface area contributed by atoms with Crippen molar-refractivity contribution in [3.8, 4) is 0 Å². The molecular formula is C9H16F3NS. The molecule has 0 atom stereocenters. The van der Waals surface area contributed by atoms with Gasteiger partial charge in [-0.25, -0.2) is 0 Å². The van der Waals surface area contributed by atoms with E-state index in [0.29, 0.717) is 6.54 Å². The predicted octanol–water partition coefficient (Wildman–Crippen LogP) is 2.72. The Bertz CT molecular complexity index is 168.